The first kappa shape index (κ1) is 19.2. The number of amides is 1. The highest BCUT2D eigenvalue weighted by Crippen LogP contribution is 2.21. The quantitative estimate of drug-likeness (QED) is 0.451. The molecule has 7 heteroatoms. The second kappa shape index (κ2) is 9.34. The molecule has 0 saturated heterocycles. The first-order valence-corrected chi connectivity index (χ1v) is 7.30. The van der Waals surface area contributed by atoms with Crippen LogP contribution in [0.2, 0.25) is 0 Å². The topological polar surface area (TPSA) is 82.1 Å². The smallest absolute Gasteiger partial charge is 0.419 e. The number of hydrogen-bond acceptors (Lipinski definition) is 6. The van der Waals surface area contributed by atoms with Crippen LogP contribution in [0.5, 0.6) is 0 Å². The average Bonchev–Trinajstić information content (AvgIpc) is 2.59. The van der Waals surface area contributed by atoms with Crippen LogP contribution < -0.4 is 4.90 Å². The van der Waals surface area contributed by atoms with Crippen LogP contribution in [0.3, 0.4) is 0 Å². The van der Waals surface area contributed by atoms with E-state index >= 15 is 0 Å². The lowest BCUT2D eigenvalue weighted by Crippen LogP contribution is -2.36. The molecule has 0 aliphatic carbocycles. The van der Waals surface area contributed by atoms with Crippen molar-refractivity contribution in [3.63, 3.8) is 0 Å². The van der Waals surface area contributed by atoms with E-state index in [-0.39, 0.29) is 18.2 Å². The molecule has 1 rings (SSSR count). The number of nitrogens with zero attached hydrogens (tertiary/aromatic N) is 1. The van der Waals surface area contributed by atoms with Crippen LogP contribution in [0.1, 0.15) is 13.8 Å². The first-order chi connectivity index (χ1) is 11.4. The Balaban J connectivity index is 3.31. The van der Waals surface area contributed by atoms with Gasteiger partial charge in [-0.25, -0.2) is 19.3 Å². The van der Waals surface area contributed by atoms with E-state index in [1.54, 1.807) is 30.3 Å². The number of methoxy groups -OCH3 is 2. The van der Waals surface area contributed by atoms with Crippen molar-refractivity contribution in [2.24, 2.45) is 5.92 Å². The number of anilines is 1. The molecule has 0 unspecified atom stereocenters. The number of carbonyl (C=O) groups is 3. The van der Waals surface area contributed by atoms with Gasteiger partial charge in [-0.3, -0.25) is 0 Å². The molecule has 0 atom stereocenters. The van der Waals surface area contributed by atoms with Crippen molar-refractivity contribution in [2.75, 3.05) is 25.7 Å². The van der Waals surface area contributed by atoms with E-state index in [1.807, 2.05) is 13.8 Å². The van der Waals surface area contributed by atoms with Gasteiger partial charge in [0.1, 0.15) is 5.70 Å². The molecule has 0 bridgehead atoms. The molecule has 1 aromatic carbocycles. The molecular formula is C17H21NO6. The Kier molecular flexibility index (Phi) is 7.48. The van der Waals surface area contributed by atoms with Gasteiger partial charge in [0.25, 0.3) is 0 Å². The highest BCUT2D eigenvalue weighted by molar-refractivity contribution is 6.07. The summed E-state index contributed by atoms with van der Waals surface area (Å²) in [6.07, 6.45) is 0.0885. The van der Waals surface area contributed by atoms with E-state index in [9.17, 15) is 14.4 Å². The number of rotatable bonds is 6. The summed E-state index contributed by atoms with van der Waals surface area (Å²) >= 11 is 0. The van der Waals surface area contributed by atoms with Crippen LogP contribution in [-0.4, -0.2) is 38.9 Å². The Morgan fingerprint density at radius 3 is 2.21 bits per heavy atom. The summed E-state index contributed by atoms with van der Waals surface area (Å²) in [4.78, 5) is 37.1. The van der Waals surface area contributed by atoms with Crippen molar-refractivity contribution < 1.29 is 28.6 Å². The Morgan fingerprint density at radius 2 is 1.71 bits per heavy atom. The molecule has 0 heterocycles. The number of para-hydroxylation sites is 1. The summed E-state index contributed by atoms with van der Waals surface area (Å²) in [5, 5.41) is 0. The minimum absolute atomic E-state index is 0.109. The molecule has 7 nitrogen and oxygen atoms in total. The lowest BCUT2D eigenvalue weighted by molar-refractivity contribution is -0.138. The third-order valence-corrected chi connectivity index (χ3v) is 2.83. The van der Waals surface area contributed by atoms with Crippen molar-refractivity contribution in [3.05, 3.63) is 42.1 Å². The van der Waals surface area contributed by atoms with Gasteiger partial charge in [-0.15, -0.1) is 0 Å². The van der Waals surface area contributed by atoms with Gasteiger partial charge in [0.15, 0.2) is 0 Å². The van der Waals surface area contributed by atoms with Gasteiger partial charge in [-0.2, -0.15) is 0 Å². The van der Waals surface area contributed by atoms with Gasteiger partial charge in [0.2, 0.25) is 0 Å². The molecule has 130 valence electrons. The monoisotopic (exact) mass is 335 g/mol. The van der Waals surface area contributed by atoms with E-state index in [0.717, 1.165) is 25.2 Å². The lowest BCUT2D eigenvalue weighted by atomic mass is 10.2. The van der Waals surface area contributed by atoms with Gasteiger partial charge in [0, 0.05) is 0 Å². The van der Waals surface area contributed by atoms with Crippen molar-refractivity contribution in [3.8, 4) is 0 Å². The van der Waals surface area contributed by atoms with Gasteiger partial charge < -0.3 is 14.2 Å². The minimum Gasteiger partial charge on any atom is -0.466 e. The maximum atomic E-state index is 12.5. The molecule has 0 fully saturated rings. The second-order valence-electron chi connectivity index (χ2n) is 5.19. The van der Waals surface area contributed by atoms with Crippen molar-refractivity contribution in [1.82, 2.24) is 0 Å². The predicted molar refractivity (Wildman–Crippen MR) is 87.2 cm³/mol. The van der Waals surface area contributed by atoms with Crippen molar-refractivity contribution in [2.45, 2.75) is 13.8 Å². The number of hydrogen-bond donors (Lipinski definition) is 0. The molecular weight excluding hydrogens is 314 g/mol. The molecule has 0 saturated carbocycles. The lowest BCUT2D eigenvalue weighted by Gasteiger charge is -2.23. The molecule has 0 aliphatic heterocycles. The van der Waals surface area contributed by atoms with Gasteiger partial charge >= 0.3 is 18.0 Å². The summed E-state index contributed by atoms with van der Waals surface area (Å²) in [6.45, 7) is 3.92. The van der Waals surface area contributed by atoms with E-state index in [0.29, 0.717) is 5.69 Å². The zero-order valence-corrected chi connectivity index (χ0v) is 14.1. The maximum Gasteiger partial charge on any atom is 0.419 e. The Labute approximate surface area is 140 Å². The molecule has 0 spiro atoms. The molecule has 1 aromatic rings. The number of carbonyl (C=O) groups excluding carboxylic acids is 3. The highest BCUT2D eigenvalue weighted by Gasteiger charge is 2.28. The second-order valence-corrected chi connectivity index (χ2v) is 5.19. The summed E-state index contributed by atoms with van der Waals surface area (Å²) in [7, 11) is 2.31. The molecule has 1 amide bonds. The first-order valence-electron chi connectivity index (χ1n) is 7.30. The fraction of sp³-hybridized carbons (Fsp3) is 0.353. The minimum atomic E-state index is -0.870. The highest BCUT2D eigenvalue weighted by atomic mass is 16.6. The third kappa shape index (κ3) is 5.42. The fourth-order valence-electron chi connectivity index (χ4n) is 1.71. The van der Waals surface area contributed by atoms with Crippen LogP contribution in [0, 0.1) is 5.92 Å². The summed E-state index contributed by atoms with van der Waals surface area (Å²) < 4.78 is 14.4. The van der Waals surface area contributed by atoms with Gasteiger partial charge in [0.05, 0.1) is 32.6 Å². The van der Waals surface area contributed by atoms with Crippen LogP contribution in [0.4, 0.5) is 10.5 Å². The van der Waals surface area contributed by atoms with E-state index < -0.39 is 18.0 Å². The SMILES string of the molecule is COC(=O)/C=C(\C(=O)OC)N(C(=O)OCC(C)C)c1ccccc1. The van der Waals surface area contributed by atoms with Crippen LogP contribution >= 0.6 is 0 Å². The molecule has 0 N–H and O–H groups in total. The molecule has 0 radical (unpaired) electrons. The fourth-order valence-corrected chi connectivity index (χ4v) is 1.71. The van der Waals surface area contributed by atoms with Crippen molar-refractivity contribution in [1.29, 1.82) is 0 Å². The summed E-state index contributed by atoms with van der Waals surface area (Å²) in [6, 6.07) is 8.33. The normalized spacial score (nSPS) is 11.0. The molecule has 0 aliphatic rings. The van der Waals surface area contributed by atoms with Gasteiger partial charge in [-0.1, -0.05) is 32.0 Å². The van der Waals surface area contributed by atoms with Crippen LogP contribution in [0.25, 0.3) is 0 Å². The van der Waals surface area contributed by atoms with E-state index in [2.05, 4.69) is 9.47 Å². The number of esters is 2. The molecule has 24 heavy (non-hydrogen) atoms. The standard InChI is InChI=1S/C17H21NO6/c1-12(2)11-24-17(21)18(13-8-6-5-7-9-13)14(16(20)23-4)10-15(19)22-3/h5-10,12H,11H2,1-4H3/b14-10+. The largest absolute Gasteiger partial charge is 0.466 e. The van der Waals surface area contributed by atoms with E-state index in [1.165, 1.54) is 0 Å². The number of ether oxygens (including phenoxy) is 3. The summed E-state index contributed by atoms with van der Waals surface area (Å²) in [5.41, 5.74) is 0.0520. The maximum absolute atomic E-state index is 12.5. The molecule has 0 aromatic heterocycles. The predicted octanol–water partition coefficient (Wildman–Crippen LogP) is 2.52. The number of benzene rings is 1. The van der Waals surface area contributed by atoms with E-state index in [4.69, 9.17) is 4.74 Å². The summed E-state index contributed by atoms with van der Waals surface area (Å²) in [5.74, 6) is -1.56. The van der Waals surface area contributed by atoms with Gasteiger partial charge in [-0.05, 0) is 18.1 Å². The van der Waals surface area contributed by atoms with Crippen LogP contribution in [-0.2, 0) is 23.8 Å². The Morgan fingerprint density at radius 1 is 1.08 bits per heavy atom. The Bertz CT molecular complexity index is 609. The van der Waals surface area contributed by atoms with Crippen LogP contribution in [0.15, 0.2) is 42.1 Å². The zero-order valence-electron chi connectivity index (χ0n) is 14.1. The third-order valence-electron chi connectivity index (χ3n) is 2.83. The zero-order chi connectivity index (χ0) is 18.1. The van der Waals surface area contributed by atoms with Crippen molar-refractivity contribution >= 4 is 23.7 Å². The Hall–Kier alpha value is -2.83. The average molecular weight is 335 g/mol.